The minimum atomic E-state index is -0.211. The summed E-state index contributed by atoms with van der Waals surface area (Å²) in [6.07, 6.45) is 7.64. The fraction of sp³-hybridized carbons (Fsp3) is 0.684. The number of nitrogens with zero attached hydrogens (tertiary/aromatic N) is 2. The van der Waals surface area contributed by atoms with Crippen LogP contribution in [0, 0.1) is 0 Å². The number of hydrogen-bond acceptors (Lipinski definition) is 5. The van der Waals surface area contributed by atoms with Crippen molar-refractivity contribution in [1.82, 2.24) is 15.2 Å². The fourth-order valence-electron chi connectivity index (χ4n) is 4.00. The Morgan fingerprint density at radius 3 is 2.81 bits per heavy atom. The number of nitrogens with one attached hydrogen (secondary N) is 2. The van der Waals surface area contributed by atoms with E-state index in [1.807, 2.05) is 6.92 Å². The Labute approximate surface area is 155 Å². The lowest BCUT2D eigenvalue weighted by Crippen LogP contribution is -2.60. The van der Waals surface area contributed by atoms with Gasteiger partial charge in [0, 0.05) is 31.4 Å². The van der Waals surface area contributed by atoms with E-state index >= 15 is 0 Å². The predicted octanol–water partition coefficient (Wildman–Crippen LogP) is 2.64. The van der Waals surface area contributed by atoms with Gasteiger partial charge in [-0.2, -0.15) is 0 Å². The maximum atomic E-state index is 12.5. The van der Waals surface area contributed by atoms with E-state index in [-0.39, 0.29) is 11.6 Å². The average Bonchev–Trinajstić information content (AvgIpc) is 2.70. The Hall–Kier alpha value is -1.86. The Bertz CT molecular complexity index is 584. The summed E-state index contributed by atoms with van der Waals surface area (Å²) in [6, 6.07) is 3.38. The van der Waals surface area contributed by atoms with E-state index in [9.17, 15) is 4.79 Å². The van der Waals surface area contributed by atoms with Gasteiger partial charge in [0.2, 0.25) is 5.88 Å². The van der Waals surface area contributed by atoms with Gasteiger partial charge in [-0.25, -0.2) is 9.78 Å². The summed E-state index contributed by atoms with van der Waals surface area (Å²) in [5.74, 6) is 0.450. The molecule has 144 valence electrons. The minimum Gasteiger partial charge on any atom is -0.476 e. The zero-order valence-electron chi connectivity index (χ0n) is 15.6. The molecule has 1 saturated heterocycles. The summed E-state index contributed by atoms with van der Waals surface area (Å²) in [7, 11) is 0. The molecule has 1 aromatic heterocycles. The van der Waals surface area contributed by atoms with Crippen LogP contribution in [-0.4, -0.2) is 60.9 Å². The minimum absolute atomic E-state index is 0.0526. The molecule has 26 heavy (non-hydrogen) atoms. The van der Waals surface area contributed by atoms with Crippen molar-refractivity contribution in [3.63, 3.8) is 0 Å². The number of rotatable bonds is 6. The number of anilines is 1. The molecule has 2 fully saturated rings. The number of amides is 2. The normalized spacial score (nSPS) is 20.3. The summed E-state index contributed by atoms with van der Waals surface area (Å²) in [6.45, 7) is 6.51. The lowest BCUT2D eigenvalue weighted by Gasteiger charge is -2.48. The van der Waals surface area contributed by atoms with Gasteiger partial charge in [-0.05, 0) is 31.9 Å². The second-order valence-electron chi connectivity index (χ2n) is 6.98. The first kappa shape index (κ1) is 18.9. The number of ether oxygens (including phenoxy) is 2. The molecule has 2 heterocycles. The highest BCUT2D eigenvalue weighted by Gasteiger charge is 2.38. The number of hydrogen-bond donors (Lipinski definition) is 2. The molecule has 7 nitrogen and oxygen atoms in total. The molecular formula is C19H30N4O3. The van der Waals surface area contributed by atoms with Gasteiger partial charge in [-0.1, -0.05) is 19.3 Å². The SMILES string of the molecule is CCOc1ncccc1NC(=O)NCC1(N2CCOCC2)CCCCC1. The summed E-state index contributed by atoms with van der Waals surface area (Å²) in [5, 5.41) is 5.97. The van der Waals surface area contributed by atoms with Crippen LogP contribution in [0.15, 0.2) is 18.3 Å². The van der Waals surface area contributed by atoms with Crippen molar-refractivity contribution >= 4 is 11.7 Å². The molecule has 1 aliphatic carbocycles. The van der Waals surface area contributed by atoms with Crippen molar-refractivity contribution in [2.45, 2.75) is 44.6 Å². The van der Waals surface area contributed by atoms with Crippen molar-refractivity contribution in [2.24, 2.45) is 0 Å². The zero-order valence-corrected chi connectivity index (χ0v) is 15.6. The molecule has 0 bridgehead atoms. The Balaban J connectivity index is 1.61. The summed E-state index contributed by atoms with van der Waals surface area (Å²) < 4.78 is 11.0. The number of carbonyl (C=O) groups is 1. The van der Waals surface area contributed by atoms with Gasteiger partial charge >= 0.3 is 6.03 Å². The smallest absolute Gasteiger partial charge is 0.319 e. The molecule has 0 atom stereocenters. The molecule has 3 rings (SSSR count). The van der Waals surface area contributed by atoms with Crippen molar-refractivity contribution in [2.75, 3.05) is 44.8 Å². The van der Waals surface area contributed by atoms with Gasteiger partial charge in [-0.15, -0.1) is 0 Å². The third kappa shape index (κ3) is 4.65. The van der Waals surface area contributed by atoms with Gasteiger partial charge < -0.3 is 20.1 Å². The van der Waals surface area contributed by atoms with Crippen molar-refractivity contribution in [3.8, 4) is 5.88 Å². The second-order valence-corrected chi connectivity index (χ2v) is 6.98. The third-order valence-corrected chi connectivity index (χ3v) is 5.34. The molecule has 0 spiro atoms. The molecule has 1 saturated carbocycles. The molecular weight excluding hydrogens is 332 g/mol. The lowest BCUT2D eigenvalue weighted by molar-refractivity contribution is -0.0356. The van der Waals surface area contributed by atoms with Crippen LogP contribution in [0.1, 0.15) is 39.0 Å². The number of pyridine rings is 1. The zero-order chi connectivity index (χ0) is 18.2. The van der Waals surface area contributed by atoms with Crippen LogP contribution in [0.25, 0.3) is 0 Å². The van der Waals surface area contributed by atoms with Crippen LogP contribution in [0.3, 0.4) is 0 Å². The monoisotopic (exact) mass is 362 g/mol. The lowest BCUT2D eigenvalue weighted by atomic mass is 9.80. The second kappa shape index (κ2) is 9.19. The van der Waals surface area contributed by atoms with Crippen LogP contribution >= 0.6 is 0 Å². The highest BCUT2D eigenvalue weighted by Crippen LogP contribution is 2.34. The van der Waals surface area contributed by atoms with Gasteiger partial charge in [0.25, 0.3) is 0 Å². The largest absolute Gasteiger partial charge is 0.476 e. The predicted molar refractivity (Wildman–Crippen MR) is 101 cm³/mol. The van der Waals surface area contributed by atoms with E-state index in [4.69, 9.17) is 9.47 Å². The van der Waals surface area contributed by atoms with Gasteiger partial charge in [0.15, 0.2) is 0 Å². The van der Waals surface area contributed by atoms with Crippen molar-refractivity contribution in [3.05, 3.63) is 18.3 Å². The molecule has 1 aromatic rings. The van der Waals surface area contributed by atoms with E-state index in [0.29, 0.717) is 24.7 Å². The Kier molecular flexibility index (Phi) is 6.68. The molecule has 0 unspecified atom stereocenters. The van der Waals surface area contributed by atoms with E-state index in [0.717, 1.165) is 39.1 Å². The first-order valence-corrected chi connectivity index (χ1v) is 9.69. The Morgan fingerprint density at radius 1 is 1.31 bits per heavy atom. The number of urea groups is 1. The molecule has 2 amide bonds. The molecule has 2 aliphatic rings. The summed E-state index contributed by atoms with van der Waals surface area (Å²) in [5.41, 5.74) is 0.646. The van der Waals surface area contributed by atoms with Crippen molar-refractivity contribution < 1.29 is 14.3 Å². The quantitative estimate of drug-likeness (QED) is 0.814. The molecule has 0 radical (unpaired) electrons. The first-order chi connectivity index (χ1) is 12.7. The van der Waals surface area contributed by atoms with Crippen molar-refractivity contribution in [1.29, 1.82) is 0 Å². The Morgan fingerprint density at radius 2 is 2.08 bits per heavy atom. The maximum absolute atomic E-state index is 12.5. The van der Waals surface area contributed by atoms with Gasteiger partial charge in [-0.3, -0.25) is 4.90 Å². The van der Waals surface area contributed by atoms with Gasteiger partial charge in [0.1, 0.15) is 5.69 Å². The highest BCUT2D eigenvalue weighted by molar-refractivity contribution is 5.90. The molecule has 2 N–H and O–H groups in total. The fourth-order valence-corrected chi connectivity index (χ4v) is 4.00. The molecule has 1 aliphatic heterocycles. The topological polar surface area (TPSA) is 75.7 Å². The van der Waals surface area contributed by atoms with Crippen LogP contribution in [-0.2, 0) is 4.74 Å². The van der Waals surface area contributed by atoms with E-state index in [2.05, 4.69) is 20.5 Å². The third-order valence-electron chi connectivity index (χ3n) is 5.34. The first-order valence-electron chi connectivity index (χ1n) is 9.69. The van der Waals surface area contributed by atoms with Gasteiger partial charge in [0.05, 0.1) is 19.8 Å². The summed E-state index contributed by atoms with van der Waals surface area (Å²) in [4.78, 5) is 19.2. The van der Waals surface area contributed by atoms with Crippen LogP contribution in [0.5, 0.6) is 5.88 Å². The van der Waals surface area contributed by atoms with E-state index in [1.165, 1.54) is 19.3 Å². The summed E-state index contributed by atoms with van der Waals surface area (Å²) >= 11 is 0. The average molecular weight is 362 g/mol. The maximum Gasteiger partial charge on any atom is 0.319 e. The van der Waals surface area contributed by atoms with Crippen LogP contribution < -0.4 is 15.4 Å². The molecule has 7 heteroatoms. The number of morpholine rings is 1. The van der Waals surface area contributed by atoms with E-state index < -0.39 is 0 Å². The number of carbonyl (C=O) groups excluding carboxylic acids is 1. The van der Waals surface area contributed by atoms with E-state index in [1.54, 1.807) is 18.3 Å². The highest BCUT2D eigenvalue weighted by atomic mass is 16.5. The number of aromatic nitrogens is 1. The molecule has 0 aromatic carbocycles. The van der Waals surface area contributed by atoms with Crippen LogP contribution in [0.4, 0.5) is 10.5 Å². The van der Waals surface area contributed by atoms with Crippen LogP contribution in [0.2, 0.25) is 0 Å². The standard InChI is InChI=1S/C19H30N4O3/c1-2-26-17-16(7-6-10-20-17)22-18(24)21-15-19(8-4-3-5-9-19)23-11-13-25-14-12-23/h6-7,10H,2-5,8-9,11-15H2,1H3,(H2,21,22,24).